The minimum Gasteiger partial charge on any atom is -0.497 e. The number of anilines is 1. The first kappa shape index (κ1) is 25.4. The monoisotopic (exact) mass is 533 g/mol. The molecule has 40 heavy (non-hydrogen) atoms. The Morgan fingerprint density at radius 2 is 1.55 bits per heavy atom. The second-order valence-corrected chi connectivity index (χ2v) is 9.61. The minimum atomic E-state index is 0.0294. The van der Waals surface area contributed by atoms with Crippen LogP contribution in [0.15, 0.2) is 91.4 Å². The zero-order valence-electron chi connectivity index (χ0n) is 22.7. The molecule has 6 rings (SSSR count). The molecule has 0 spiro atoms. The molecule has 0 bridgehead atoms. The number of benzene rings is 3. The van der Waals surface area contributed by atoms with E-state index in [1.807, 2.05) is 78.6 Å². The van der Waals surface area contributed by atoms with Crippen LogP contribution in [-0.4, -0.2) is 65.2 Å². The van der Waals surface area contributed by atoms with Crippen molar-refractivity contribution in [1.82, 2.24) is 19.4 Å². The minimum absolute atomic E-state index is 0.0294. The van der Waals surface area contributed by atoms with Gasteiger partial charge in [0, 0.05) is 49.2 Å². The van der Waals surface area contributed by atoms with Crippen molar-refractivity contribution < 1.29 is 14.3 Å². The summed E-state index contributed by atoms with van der Waals surface area (Å²) in [6, 6.07) is 25.7. The van der Waals surface area contributed by atoms with Crippen LogP contribution < -0.4 is 14.4 Å². The lowest BCUT2D eigenvalue weighted by Crippen LogP contribution is -2.49. The van der Waals surface area contributed by atoms with Crippen molar-refractivity contribution in [3.05, 3.63) is 97.0 Å². The number of methoxy groups -OCH3 is 1. The zero-order valence-corrected chi connectivity index (χ0v) is 22.7. The highest BCUT2D eigenvalue weighted by Gasteiger charge is 2.26. The number of hydrogen-bond acceptors (Lipinski definition) is 6. The quantitative estimate of drug-likeness (QED) is 0.277. The van der Waals surface area contributed by atoms with Gasteiger partial charge in [0.25, 0.3) is 5.91 Å². The van der Waals surface area contributed by atoms with E-state index in [4.69, 9.17) is 19.4 Å². The average molecular weight is 534 g/mol. The van der Waals surface area contributed by atoms with Crippen molar-refractivity contribution in [3.63, 3.8) is 0 Å². The molecule has 3 heterocycles. The van der Waals surface area contributed by atoms with Crippen molar-refractivity contribution in [2.24, 2.45) is 0 Å². The smallest absolute Gasteiger partial charge is 0.253 e. The summed E-state index contributed by atoms with van der Waals surface area (Å²) < 4.78 is 13.0. The lowest BCUT2D eigenvalue weighted by atomic mass is 10.1. The Kier molecular flexibility index (Phi) is 7.06. The summed E-state index contributed by atoms with van der Waals surface area (Å²) in [6.45, 7) is 5.17. The molecule has 0 atom stereocenters. The van der Waals surface area contributed by atoms with Gasteiger partial charge in [-0.1, -0.05) is 30.3 Å². The second kappa shape index (κ2) is 11.1. The molecular weight excluding hydrogens is 502 g/mol. The van der Waals surface area contributed by atoms with E-state index in [0.29, 0.717) is 38.3 Å². The van der Waals surface area contributed by atoms with Crippen LogP contribution >= 0.6 is 0 Å². The highest BCUT2D eigenvalue weighted by Crippen LogP contribution is 2.37. The summed E-state index contributed by atoms with van der Waals surface area (Å²) in [4.78, 5) is 26.8. The van der Waals surface area contributed by atoms with Gasteiger partial charge < -0.3 is 23.8 Å². The predicted octanol–water partition coefficient (Wildman–Crippen LogP) is 5.46. The third-order valence-corrected chi connectivity index (χ3v) is 7.28. The number of nitrogens with zero attached hydrogens (tertiary/aromatic N) is 5. The molecule has 202 valence electrons. The molecule has 1 aliphatic heterocycles. The fourth-order valence-electron chi connectivity index (χ4n) is 5.23. The van der Waals surface area contributed by atoms with Crippen LogP contribution in [0.2, 0.25) is 0 Å². The molecule has 0 aliphatic carbocycles. The molecule has 0 saturated carbocycles. The first-order valence-corrected chi connectivity index (χ1v) is 13.5. The largest absolute Gasteiger partial charge is 0.497 e. The Hall–Kier alpha value is -4.85. The van der Waals surface area contributed by atoms with Crippen molar-refractivity contribution in [2.75, 3.05) is 44.8 Å². The molecule has 3 aromatic carbocycles. The van der Waals surface area contributed by atoms with E-state index in [1.165, 1.54) is 0 Å². The van der Waals surface area contributed by atoms with E-state index in [-0.39, 0.29) is 5.91 Å². The van der Waals surface area contributed by atoms with E-state index in [1.54, 1.807) is 13.4 Å². The Balaban J connectivity index is 1.33. The number of hydrogen-bond donors (Lipinski definition) is 0. The standard InChI is InChI=1S/C32H31N5O3/c1-3-40-27-15-11-25(12-16-27)37-21-28(23-7-5-4-6-8-23)29-30(33-22-34-31(29)37)35-17-19-36(20-18-35)32(38)24-9-13-26(39-2)14-10-24/h4-16,21-22H,3,17-20H2,1-2H3. The molecule has 2 aromatic heterocycles. The second-order valence-electron chi connectivity index (χ2n) is 9.61. The highest BCUT2D eigenvalue weighted by atomic mass is 16.5. The molecule has 1 amide bonds. The van der Waals surface area contributed by atoms with Crippen LogP contribution in [0.4, 0.5) is 5.82 Å². The molecule has 0 unspecified atom stereocenters. The molecule has 0 N–H and O–H groups in total. The van der Waals surface area contributed by atoms with E-state index < -0.39 is 0 Å². The Morgan fingerprint density at radius 1 is 0.850 bits per heavy atom. The summed E-state index contributed by atoms with van der Waals surface area (Å²) >= 11 is 0. The van der Waals surface area contributed by atoms with Gasteiger partial charge in [-0.05, 0) is 61.0 Å². The van der Waals surface area contributed by atoms with Crippen molar-refractivity contribution in [2.45, 2.75) is 6.92 Å². The third-order valence-electron chi connectivity index (χ3n) is 7.28. The van der Waals surface area contributed by atoms with E-state index in [0.717, 1.165) is 45.2 Å². The summed E-state index contributed by atoms with van der Waals surface area (Å²) in [6.07, 6.45) is 3.77. The van der Waals surface area contributed by atoms with Gasteiger partial charge in [0.05, 0.1) is 19.1 Å². The predicted molar refractivity (Wildman–Crippen MR) is 157 cm³/mol. The summed E-state index contributed by atoms with van der Waals surface area (Å²) in [5, 5.41) is 0.998. The highest BCUT2D eigenvalue weighted by molar-refractivity contribution is 6.02. The number of aromatic nitrogens is 3. The van der Waals surface area contributed by atoms with Crippen LogP contribution in [0.25, 0.3) is 27.8 Å². The Bertz CT molecular complexity index is 1610. The van der Waals surface area contributed by atoms with Crippen molar-refractivity contribution in [1.29, 1.82) is 0 Å². The Labute approximate surface area is 233 Å². The van der Waals surface area contributed by atoms with Gasteiger partial charge in [-0.25, -0.2) is 9.97 Å². The number of rotatable bonds is 7. The summed E-state index contributed by atoms with van der Waals surface area (Å²) in [5.74, 6) is 2.48. The maximum Gasteiger partial charge on any atom is 0.253 e. The molecule has 1 fully saturated rings. The Morgan fingerprint density at radius 3 is 2.23 bits per heavy atom. The maximum absolute atomic E-state index is 13.1. The molecule has 5 aromatic rings. The summed E-state index contributed by atoms with van der Waals surface area (Å²) in [5.41, 5.74) is 4.66. The fraction of sp³-hybridized carbons (Fsp3) is 0.219. The van der Waals surface area contributed by atoms with Gasteiger partial charge in [-0.3, -0.25) is 4.79 Å². The molecular formula is C32H31N5O3. The van der Waals surface area contributed by atoms with Gasteiger partial charge >= 0.3 is 0 Å². The first-order chi connectivity index (χ1) is 19.7. The van der Waals surface area contributed by atoms with Crippen molar-refractivity contribution in [3.8, 4) is 28.3 Å². The summed E-state index contributed by atoms with van der Waals surface area (Å²) in [7, 11) is 1.62. The van der Waals surface area contributed by atoms with E-state index in [9.17, 15) is 4.79 Å². The van der Waals surface area contributed by atoms with Gasteiger partial charge in [-0.15, -0.1) is 0 Å². The lowest BCUT2D eigenvalue weighted by molar-refractivity contribution is 0.0746. The molecule has 0 radical (unpaired) electrons. The van der Waals surface area contributed by atoms with Gasteiger partial charge in [0.1, 0.15) is 23.6 Å². The zero-order chi connectivity index (χ0) is 27.5. The number of piperazine rings is 1. The maximum atomic E-state index is 13.1. The van der Waals surface area contributed by atoms with Crippen LogP contribution in [0.1, 0.15) is 17.3 Å². The number of amides is 1. The molecule has 8 nitrogen and oxygen atoms in total. The number of fused-ring (bicyclic) bond motifs is 1. The topological polar surface area (TPSA) is 72.7 Å². The normalized spacial score (nSPS) is 13.4. The number of ether oxygens (including phenoxy) is 2. The number of carbonyl (C=O) groups excluding carboxylic acids is 1. The molecule has 1 aliphatic rings. The third kappa shape index (κ3) is 4.84. The van der Waals surface area contributed by atoms with Crippen LogP contribution in [0.3, 0.4) is 0 Å². The van der Waals surface area contributed by atoms with E-state index >= 15 is 0 Å². The van der Waals surface area contributed by atoms with Gasteiger partial charge in [0.15, 0.2) is 5.65 Å². The lowest BCUT2D eigenvalue weighted by Gasteiger charge is -2.35. The fourth-order valence-corrected chi connectivity index (χ4v) is 5.23. The van der Waals surface area contributed by atoms with Crippen molar-refractivity contribution >= 4 is 22.8 Å². The molecule has 1 saturated heterocycles. The average Bonchev–Trinajstić information content (AvgIpc) is 3.42. The molecule has 8 heteroatoms. The van der Waals surface area contributed by atoms with Crippen LogP contribution in [0, 0.1) is 0 Å². The first-order valence-electron chi connectivity index (χ1n) is 13.5. The van der Waals surface area contributed by atoms with Crippen LogP contribution in [-0.2, 0) is 0 Å². The van der Waals surface area contributed by atoms with Gasteiger partial charge in [0.2, 0.25) is 0 Å². The van der Waals surface area contributed by atoms with Gasteiger partial charge in [-0.2, -0.15) is 0 Å². The number of carbonyl (C=O) groups is 1. The van der Waals surface area contributed by atoms with E-state index in [2.05, 4.69) is 27.8 Å². The SMILES string of the molecule is CCOc1ccc(-n2cc(-c3ccccc3)c3c(N4CCN(C(=O)c5ccc(OC)cc5)CC4)ncnc32)cc1. The van der Waals surface area contributed by atoms with Crippen LogP contribution in [0.5, 0.6) is 11.5 Å².